The fraction of sp³-hybridized carbons (Fsp3) is 0.222. The number of ether oxygens (including phenoxy) is 1. The molecule has 39 heavy (non-hydrogen) atoms. The number of halogens is 1. The fourth-order valence-corrected chi connectivity index (χ4v) is 4.65. The molecular weight excluding hydrogens is 542 g/mol. The molecule has 0 saturated carbocycles. The van der Waals surface area contributed by atoms with Gasteiger partial charge in [0.05, 0.1) is 28.8 Å². The van der Waals surface area contributed by atoms with E-state index in [1.54, 1.807) is 24.3 Å². The molecule has 2 heterocycles. The molecule has 1 amide bonds. The van der Waals surface area contributed by atoms with Crippen LogP contribution in [0.2, 0.25) is 5.02 Å². The van der Waals surface area contributed by atoms with Gasteiger partial charge < -0.3 is 19.4 Å². The normalized spacial score (nSPS) is 13.3. The van der Waals surface area contributed by atoms with Gasteiger partial charge in [-0.2, -0.15) is 0 Å². The van der Waals surface area contributed by atoms with Gasteiger partial charge >= 0.3 is 0 Å². The second kappa shape index (κ2) is 11.4. The third-order valence-corrected chi connectivity index (χ3v) is 6.87. The lowest BCUT2D eigenvalue weighted by Crippen LogP contribution is -2.37. The zero-order chi connectivity index (χ0) is 27.5. The van der Waals surface area contributed by atoms with Gasteiger partial charge in [0.15, 0.2) is 10.7 Å². The van der Waals surface area contributed by atoms with Crippen molar-refractivity contribution in [3.8, 4) is 11.5 Å². The largest absolute Gasteiger partial charge is 0.436 e. The lowest BCUT2D eigenvalue weighted by molar-refractivity contribution is -0.384. The van der Waals surface area contributed by atoms with Gasteiger partial charge in [-0.15, -0.1) is 0 Å². The van der Waals surface area contributed by atoms with Gasteiger partial charge in [-0.05, 0) is 66.7 Å². The maximum Gasteiger partial charge on any atom is 0.293 e. The highest BCUT2D eigenvalue weighted by Crippen LogP contribution is 2.32. The van der Waals surface area contributed by atoms with E-state index >= 15 is 0 Å². The van der Waals surface area contributed by atoms with Crippen molar-refractivity contribution in [3.05, 3.63) is 80.9 Å². The van der Waals surface area contributed by atoms with E-state index in [1.165, 1.54) is 12.1 Å². The Morgan fingerprint density at radius 3 is 2.69 bits per heavy atom. The molecule has 2 N–H and O–H groups in total. The van der Waals surface area contributed by atoms with Crippen LogP contribution >= 0.6 is 23.8 Å². The summed E-state index contributed by atoms with van der Waals surface area (Å²) in [4.78, 5) is 30.6. The number of aromatic nitrogens is 1. The van der Waals surface area contributed by atoms with E-state index in [0.717, 1.165) is 17.5 Å². The summed E-state index contributed by atoms with van der Waals surface area (Å²) in [7, 11) is 0. The van der Waals surface area contributed by atoms with Crippen LogP contribution in [0.4, 0.5) is 17.1 Å². The number of aryl methyl sites for hydroxylation is 1. The number of nitro benzene ring substituents is 1. The molecule has 0 bridgehead atoms. The van der Waals surface area contributed by atoms with Gasteiger partial charge in [-0.25, -0.2) is 4.98 Å². The number of hydrogen-bond donors (Lipinski definition) is 2. The van der Waals surface area contributed by atoms with Gasteiger partial charge in [0.2, 0.25) is 5.89 Å². The Labute approximate surface area is 234 Å². The number of morpholine rings is 1. The summed E-state index contributed by atoms with van der Waals surface area (Å²) >= 11 is 11.7. The highest BCUT2D eigenvalue weighted by molar-refractivity contribution is 7.80. The molecule has 10 nitrogen and oxygen atoms in total. The summed E-state index contributed by atoms with van der Waals surface area (Å²) in [5.74, 6) is -0.178. The average molecular weight is 566 g/mol. The Balaban J connectivity index is 1.31. The molecule has 3 aromatic carbocycles. The van der Waals surface area contributed by atoms with Crippen molar-refractivity contribution >= 4 is 63.0 Å². The molecule has 1 fully saturated rings. The van der Waals surface area contributed by atoms with Crippen LogP contribution in [-0.2, 0) is 11.2 Å². The van der Waals surface area contributed by atoms with E-state index in [-0.39, 0.29) is 16.4 Å². The lowest BCUT2D eigenvalue weighted by Gasteiger charge is -2.28. The first-order valence-corrected chi connectivity index (χ1v) is 13.0. The highest BCUT2D eigenvalue weighted by Gasteiger charge is 2.24. The molecule has 1 saturated heterocycles. The Bertz CT molecular complexity index is 1580. The van der Waals surface area contributed by atoms with Gasteiger partial charge in [0, 0.05) is 30.3 Å². The van der Waals surface area contributed by atoms with Crippen LogP contribution in [0.1, 0.15) is 22.8 Å². The molecule has 0 atom stereocenters. The van der Waals surface area contributed by atoms with Crippen LogP contribution in [0.3, 0.4) is 0 Å². The summed E-state index contributed by atoms with van der Waals surface area (Å²) in [5.41, 5.74) is 4.05. The van der Waals surface area contributed by atoms with E-state index < -0.39 is 10.8 Å². The minimum Gasteiger partial charge on any atom is -0.436 e. The van der Waals surface area contributed by atoms with E-state index in [4.69, 9.17) is 33.0 Å². The number of carbonyl (C=O) groups is 1. The van der Waals surface area contributed by atoms with Crippen molar-refractivity contribution in [1.82, 2.24) is 10.3 Å². The minimum atomic E-state index is -0.595. The van der Waals surface area contributed by atoms with Crippen molar-refractivity contribution in [3.63, 3.8) is 0 Å². The number of benzene rings is 3. The number of nitro groups is 1. The first-order chi connectivity index (χ1) is 18.8. The van der Waals surface area contributed by atoms with Crippen molar-refractivity contribution < 1.29 is 18.9 Å². The molecule has 4 aromatic rings. The molecule has 0 spiro atoms. The summed E-state index contributed by atoms with van der Waals surface area (Å²) in [6.45, 7) is 4.10. The molecule has 1 aromatic heterocycles. The maximum atomic E-state index is 12.9. The Morgan fingerprint density at radius 2 is 1.95 bits per heavy atom. The highest BCUT2D eigenvalue weighted by atomic mass is 35.5. The zero-order valence-corrected chi connectivity index (χ0v) is 22.5. The number of nitrogens with zero attached hydrogens (tertiary/aromatic N) is 3. The van der Waals surface area contributed by atoms with Crippen LogP contribution < -0.4 is 15.5 Å². The number of anilines is 2. The van der Waals surface area contributed by atoms with Gasteiger partial charge in [0.1, 0.15) is 11.2 Å². The number of nitrogens with one attached hydrogen (secondary N) is 2. The van der Waals surface area contributed by atoms with Crippen LogP contribution in [0.15, 0.2) is 59.0 Å². The third-order valence-electron chi connectivity index (χ3n) is 6.33. The number of rotatable bonds is 6. The molecule has 12 heteroatoms. The quantitative estimate of drug-likeness (QED) is 0.175. The van der Waals surface area contributed by atoms with Crippen LogP contribution in [-0.4, -0.2) is 47.2 Å². The number of thiocarbonyl (C=S) groups is 1. The maximum absolute atomic E-state index is 12.9. The fourth-order valence-electron chi connectivity index (χ4n) is 4.28. The molecule has 1 aliphatic rings. The molecular formula is C27H24ClN5O5S. The van der Waals surface area contributed by atoms with Crippen molar-refractivity contribution in [2.75, 3.05) is 36.5 Å². The second-order valence-corrected chi connectivity index (χ2v) is 9.65. The summed E-state index contributed by atoms with van der Waals surface area (Å²) in [5, 5.41) is 17.5. The van der Waals surface area contributed by atoms with Gasteiger partial charge in [-0.1, -0.05) is 24.6 Å². The molecule has 5 rings (SSSR count). The summed E-state index contributed by atoms with van der Waals surface area (Å²) in [6.07, 6.45) is 0.891. The number of oxazole rings is 1. The topological polar surface area (TPSA) is 123 Å². The number of fused-ring (bicyclic) bond motifs is 1. The van der Waals surface area contributed by atoms with E-state index in [2.05, 4.69) is 22.5 Å². The lowest BCUT2D eigenvalue weighted by atomic mass is 10.1. The first kappa shape index (κ1) is 26.5. The van der Waals surface area contributed by atoms with Crippen molar-refractivity contribution in [1.29, 1.82) is 0 Å². The predicted octanol–water partition coefficient (Wildman–Crippen LogP) is 5.58. The summed E-state index contributed by atoms with van der Waals surface area (Å²) < 4.78 is 11.2. The Kier molecular flexibility index (Phi) is 7.73. The van der Waals surface area contributed by atoms with Crippen LogP contribution in [0.5, 0.6) is 0 Å². The van der Waals surface area contributed by atoms with E-state index in [1.807, 2.05) is 23.1 Å². The number of amides is 1. The first-order valence-electron chi connectivity index (χ1n) is 12.2. The van der Waals surface area contributed by atoms with E-state index in [9.17, 15) is 14.9 Å². The second-order valence-electron chi connectivity index (χ2n) is 8.84. The van der Waals surface area contributed by atoms with Crippen LogP contribution in [0.25, 0.3) is 22.6 Å². The monoisotopic (exact) mass is 565 g/mol. The third kappa shape index (κ3) is 5.85. The number of hydrogen-bond acceptors (Lipinski definition) is 8. The SMILES string of the molecule is CCc1ccc2oc(-c3ccc(Cl)c(NC(=S)NC(=O)c4ccc(N5CCOCC5)c([N+](=O)[O-])c4)c3)nc2c1. The molecule has 1 aliphatic heterocycles. The predicted molar refractivity (Wildman–Crippen MR) is 154 cm³/mol. The van der Waals surface area contributed by atoms with Crippen molar-refractivity contribution in [2.24, 2.45) is 0 Å². The molecule has 0 radical (unpaired) electrons. The minimum absolute atomic E-state index is 0.0240. The Morgan fingerprint density at radius 1 is 1.15 bits per heavy atom. The molecule has 0 unspecified atom stereocenters. The zero-order valence-electron chi connectivity index (χ0n) is 20.9. The van der Waals surface area contributed by atoms with Crippen molar-refractivity contribution in [2.45, 2.75) is 13.3 Å². The standard InChI is InChI=1S/C27H24ClN5O5S/c1-2-16-3-8-24-21(13-16)29-26(38-24)18-4-6-19(28)20(14-18)30-27(39)31-25(34)17-5-7-22(23(15-17)33(35)36)32-9-11-37-12-10-32/h3-8,13-15H,2,9-12H2,1H3,(H2,30,31,34,39). The van der Waals surface area contributed by atoms with Gasteiger partial charge in [-0.3, -0.25) is 20.2 Å². The smallest absolute Gasteiger partial charge is 0.293 e. The Hall–Kier alpha value is -4.06. The van der Waals surface area contributed by atoms with Gasteiger partial charge in [0.25, 0.3) is 11.6 Å². The average Bonchev–Trinajstić information content (AvgIpc) is 3.37. The van der Waals surface area contributed by atoms with E-state index in [0.29, 0.717) is 59.7 Å². The number of carbonyl (C=O) groups excluding carboxylic acids is 1. The molecule has 200 valence electrons. The van der Waals surface area contributed by atoms with Crippen LogP contribution in [0, 0.1) is 10.1 Å². The summed E-state index contributed by atoms with van der Waals surface area (Å²) in [6, 6.07) is 15.4. The molecule has 0 aliphatic carbocycles.